The van der Waals surface area contributed by atoms with Crippen molar-refractivity contribution in [1.29, 1.82) is 0 Å². The third-order valence-electron chi connectivity index (χ3n) is 3.92. The summed E-state index contributed by atoms with van der Waals surface area (Å²) < 4.78 is 5.59. The van der Waals surface area contributed by atoms with Crippen LogP contribution < -0.4 is 15.4 Å². The molecule has 0 saturated carbocycles. The lowest BCUT2D eigenvalue weighted by molar-refractivity contribution is -0.125. The minimum absolute atomic E-state index is 0.198. The lowest BCUT2D eigenvalue weighted by Crippen LogP contribution is -2.55. The number of urea groups is 1. The molecule has 2 unspecified atom stereocenters. The molecule has 24 heavy (non-hydrogen) atoms. The van der Waals surface area contributed by atoms with Gasteiger partial charge in [-0.2, -0.15) is 0 Å². The number of carbonyl (C=O) groups excluding carboxylic acids is 2. The molecule has 0 aliphatic carbocycles. The van der Waals surface area contributed by atoms with E-state index < -0.39 is 6.10 Å². The highest BCUT2D eigenvalue weighted by molar-refractivity contribution is 5.97. The van der Waals surface area contributed by atoms with Crippen LogP contribution in [-0.4, -0.2) is 60.8 Å². The van der Waals surface area contributed by atoms with E-state index in [-0.39, 0.29) is 24.5 Å². The summed E-state index contributed by atoms with van der Waals surface area (Å²) in [6.07, 6.45) is -0.639. The van der Waals surface area contributed by atoms with Gasteiger partial charge in [0.1, 0.15) is 18.5 Å². The highest BCUT2D eigenvalue weighted by Gasteiger charge is 2.28. The number of rotatable bonds is 8. The van der Waals surface area contributed by atoms with Crippen LogP contribution in [0.15, 0.2) is 24.3 Å². The molecule has 1 heterocycles. The van der Waals surface area contributed by atoms with E-state index in [4.69, 9.17) is 4.74 Å². The Morgan fingerprint density at radius 3 is 2.92 bits per heavy atom. The van der Waals surface area contributed by atoms with Gasteiger partial charge < -0.3 is 20.1 Å². The van der Waals surface area contributed by atoms with E-state index in [9.17, 15) is 14.7 Å². The highest BCUT2D eigenvalue weighted by atomic mass is 16.5. The normalized spacial score (nSPS) is 19.1. The molecule has 0 aromatic heterocycles. The molecule has 1 aromatic rings. The molecule has 2 atom stereocenters. The van der Waals surface area contributed by atoms with Crippen LogP contribution in [0, 0.1) is 12.8 Å². The van der Waals surface area contributed by atoms with E-state index in [1.807, 2.05) is 31.2 Å². The van der Waals surface area contributed by atoms with Crippen LogP contribution in [0.2, 0.25) is 0 Å². The summed E-state index contributed by atoms with van der Waals surface area (Å²) in [6, 6.07) is 7.29. The number of aryl methyl sites for hydroxylation is 1. The Hall–Kier alpha value is -2.12. The van der Waals surface area contributed by atoms with Gasteiger partial charge in [-0.25, -0.2) is 4.79 Å². The number of imide groups is 1. The molecule has 3 N–H and O–H groups in total. The van der Waals surface area contributed by atoms with Crippen LogP contribution in [-0.2, 0) is 4.79 Å². The van der Waals surface area contributed by atoms with Crippen LogP contribution in [0.1, 0.15) is 12.5 Å². The first-order chi connectivity index (χ1) is 11.5. The standard InChI is InChI=1S/C17H25N3O4/c1-12-5-3-4-6-15(12)24-11-14(21)9-18-7-8-20-10-13(2)16(22)19-17(20)23/h3-6,13-14,18,21H,7-11H2,1-2H3,(H,19,22,23). The maximum absolute atomic E-state index is 11.7. The monoisotopic (exact) mass is 335 g/mol. The number of carbonyl (C=O) groups is 2. The van der Waals surface area contributed by atoms with Gasteiger partial charge in [0.25, 0.3) is 0 Å². The molecule has 0 spiro atoms. The highest BCUT2D eigenvalue weighted by Crippen LogP contribution is 2.16. The average Bonchev–Trinajstić information content (AvgIpc) is 2.55. The minimum atomic E-state index is -0.639. The lowest BCUT2D eigenvalue weighted by Gasteiger charge is -2.30. The van der Waals surface area contributed by atoms with E-state index in [1.54, 1.807) is 11.8 Å². The predicted octanol–water partition coefficient (Wildman–Crippen LogP) is 0.512. The largest absolute Gasteiger partial charge is 0.491 e. The summed E-state index contributed by atoms with van der Waals surface area (Å²) in [5.41, 5.74) is 1.03. The zero-order valence-electron chi connectivity index (χ0n) is 14.1. The van der Waals surface area contributed by atoms with Crippen molar-refractivity contribution < 1.29 is 19.4 Å². The third-order valence-corrected chi connectivity index (χ3v) is 3.92. The number of aliphatic hydroxyl groups excluding tert-OH is 1. The van der Waals surface area contributed by atoms with Gasteiger partial charge in [0, 0.05) is 26.2 Å². The first kappa shape index (κ1) is 18.2. The second-order valence-corrected chi connectivity index (χ2v) is 6.08. The molecule has 1 aliphatic heterocycles. The zero-order chi connectivity index (χ0) is 17.5. The fourth-order valence-electron chi connectivity index (χ4n) is 2.44. The fraction of sp³-hybridized carbons (Fsp3) is 0.529. The molecule has 2 rings (SSSR count). The molecular formula is C17H25N3O4. The minimum Gasteiger partial charge on any atom is -0.491 e. The Morgan fingerprint density at radius 1 is 1.42 bits per heavy atom. The van der Waals surface area contributed by atoms with E-state index in [0.717, 1.165) is 11.3 Å². The molecule has 1 aromatic carbocycles. The fourth-order valence-corrected chi connectivity index (χ4v) is 2.44. The number of benzene rings is 1. The van der Waals surface area contributed by atoms with Crippen LogP contribution in [0.4, 0.5) is 4.79 Å². The number of amides is 3. The predicted molar refractivity (Wildman–Crippen MR) is 89.8 cm³/mol. The summed E-state index contributed by atoms with van der Waals surface area (Å²) in [4.78, 5) is 24.6. The maximum atomic E-state index is 11.7. The van der Waals surface area contributed by atoms with Crippen molar-refractivity contribution >= 4 is 11.9 Å². The third kappa shape index (κ3) is 5.21. The van der Waals surface area contributed by atoms with Crippen molar-refractivity contribution in [2.75, 3.05) is 32.8 Å². The van der Waals surface area contributed by atoms with Crippen molar-refractivity contribution in [3.8, 4) is 5.75 Å². The van der Waals surface area contributed by atoms with Crippen molar-refractivity contribution in [1.82, 2.24) is 15.5 Å². The first-order valence-corrected chi connectivity index (χ1v) is 8.14. The number of para-hydroxylation sites is 1. The van der Waals surface area contributed by atoms with Crippen LogP contribution >= 0.6 is 0 Å². The Kier molecular flexibility index (Phi) is 6.57. The van der Waals surface area contributed by atoms with Crippen molar-refractivity contribution in [2.45, 2.75) is 20.0 Å². The molecule has 0 radical (unpaired) electrons. The molecule has 1 saturated heterocycles. The molecule has 3 amide bonds. The molecule has 1 aliphatic rings. The quantitative estimate of drug-likeness (QED) is 0.602. The summed E-state index contributed by atoms with van der Waals surface area (Å²) in [5, 5.41) is 15.4. The number of nitrogens with one attached hydrogen (secondary N) is 2. The summed E-state index contributed by atoms with van der Waals surface area (Å²) >= 11 is 0. The van der Waals surface area contributed by atoms with Crippen LogP contribution in [0.3, 0.4) is 0 Å². The van der Waals surface area contributed by atoms with E-state index in [0.29, 0.717) is 26.2 Å². The zero-order valence-corrected chi connectivity index (χ0v) is 14.1. The summed E-state index contributed by atoms with van der Waals surface area (Å²) in [6.45, 7) is 5.75. The van der Waals surface area contributed by atoms with Gasteiger partial charge in [0.05, 0.1) is 5.92 Å². The molecule has 132 valence electrons. The number of hydrogen-bond donors (Lipinski definition) is 3. The second-order valence-electron chi connectivity index (χ2n) is 6.08. The smallest absolute Gasteiger partial charge is 0.324 e. The van der Waals surface area contributed by atoms with Crippen LogP contribution in [0.25, 0.3) is 0 Å². The number of hydrogen-bond acceptors (Lipinski definition) is 5. The Labute approximate surface area is 142 Å². The van der Waals surface area contributed by atoms with E-state index in [1.165, 1.54) is 0 Å². The van der Waals surface area contributed by atoms with Gasteiger partial charge in [0.15, 0.2) is 0 Å². The Bertz CT molecular complexity index is 579. The van der Waals surface area contributed by atoms with Gasteiger partial charge in [-0.3, -0.25) is 10.1 Å². The lowest BCUT2D eigenvalue weighted by atomic mass is 10.1. The Balaban J connectivity index is 1.62. The van der Waals surface area contributed by atoms with Crippen molar-refractivity contribution in [3.05, 3.63) is 29.8 Å². The number of ether oxygens (including phenoxy) is 1. The summed E-state index contributed by atoms with van der Waals surface area (Å²) in [5.74, 6) is 0.337. The second kappa shape index (κ2) is 8.65. The topological polar surface area (TPSA) is 90.9 Å². The molecule has 1 fully saturated rings. The van der Waals surface area contributed by atoms with Gasteiger partial charge in [0.2, 0.25) is 5.91 Å². The SMILES string of the molecule is Cc1ccccc1OCC(O)CNCCN1CC(C)C(=O)NC1=O. The molecule has 0 bridgehead atoms. The van der Waals surface area contributed by atoms with Gasteiger partial charge in [-0.1, -0.05) is 25.1 Å². The van der Waals surface area contributed by atoms with Crippen molar-refractivity contribution in [3.63, 3.8) is 0 Å². The van der Waals surface area contributed by atoms with E-state index >= 15 is 0 Å². The molecule has 7 nitrogen and oxygen atoms in total. The van der Waals surface area contributed by atoms with Crippen LogP contribution in [0.5, 0.6) is 5.75 Å². The number of aliphatic hydroxyl groups is 1. The van der Waals surface area contributed by atoms with E-state index in [2.05, 4.69) is 10.6 Å². The summed E-state index contributed by atoms with van der Waals surface area (Å²) in [7, 11) is 0. The molecule has 7 heteroatoms. The Morgan fingerprint density at radius 2 is 2.17 bits per heavy atom. The van der Waals surface area contributed by atoms with Gasteiger partial charge in [-0.05, 0) is 18.6 Å². The van der Waals surface area contributed by atoms with Gasteiger partial charge >= 0.3 is 6.03 Å². The maximum Gasteiger partial charge on any atom is 0.324 e. The molecular weight excluding hydrogens is 310 g/mol. The number of nitrogens with zero attached hydrogens (tertiary/aromatic N) is 1. The van der Waals surface area contributed by atoms with Gasteiger partial charge in [-0.15, -0.1) is 0 Å². The average molecular weight is 335 g/mol. The van der Waals surface area contributed by atoms with Crippen molar-refractivity contribution in [2.24, 2.45) is 5.92 Å². The first-order valence-electron chi connectivity index (χ1n) is 8.14.